The molecule has 1 saturated heterocycles. The van der Waals surface area contributed by atoms with Crippen LogP contribution in [-0.2, 0) is 19.0 Å². The Kier molecular flexibility index (Phi) is 6.81. The van der Waals surface area contributed by atoms with Crippen LogP contribution in [0.3, 0.4) is 0 Å². The quantitative estimate of drug-likeness (QED) is 0.513. The molecule has 1 aliphatic rings. The van der Waals surface area contributed by atoms with Crippen LogP contribution in [0, 0.1) is 6.92 Å². The van der Waals surface area contributed by atoms with Crippen LogP contribution in [0.2, 0.25) is 0 Å². The van der Waals surface area contributed by atoms with E-state index in [1.165, 1.54) is 11.1 Å². The molecule has 1 fully saturated rings. The molecule has 0 amide bonds. The lowest BCUT2D eigenvalue weighted by Gasteiger charge is -2.17. The van der Waals surface area contributed by atoms with Crippen molar-refractivity contribution >= 4 is 12.0 Å². The summed E-state index contributed by atoms with van der Waals surface area (Å²) in [5.41, 5.74) is 3.53. The summed E-state index contributed by atoms with van der Waals surface area (Å²) < 4.78 is 16.0. The van der Waals surface area contributed by atoms with Gasteiger partial charge in [-0.3, -0.25) is 4.79 Å². The molecule has 0 aliphatic carbocycles. The van der Waals surface area contributed by atoms with Crippen LogP contribution in [0.15, 0.2) is 24.3 Å². The molecule has 4 heteroatoms. The average molecular weight is 318 g/mol. The molecule has 126 valence electrons. The van der Waals surface area contributed by atoms with Gasteiger partial charge in [-0.25, -0.2) is 0 Å². The van der Waals surface area contributed by atoms with Gasteiger partial charge in [-0.05, 0) is 43.9 Å². The van der Waals surface area contributed by atoms with E-state index >= 15 is 0 Å². The molecule has 0 saturated carbocycles. The van der Waals surface area contributed by atoms with Crippen LogP contribution in [0.1, 0.15) is 49.5 Å². The Labute approximate surface area is 138 Å². The van der Waals surface area contributed by atoms with Gasteiger partial charge >= 0.3 is 5.97 Å². The third kappa shape index (κ3) is 5.81. The number of hydrogen-bond donors (Lipinski definition) is 0. The minimum atomic E-state index is -0.150. The highest BCUT2D eigenvalue weighted by Crippen LogP contribution is 2.26. The molecular weight excluding hydrogens is 292 g/mol. The van der Waals surface area contributed by atoms with Crippen molar-refractivity contribution in [1.82, 2.24) is 0 Å². The Bertz CT molecular complexity index is 546. The van der Waals surface area contributed by atoms with E-state index in [0.717, 1.165) is 12.2 Å². The number of ether oxygens (including phenoxy) is 3. The second-order valence-electron chi connectivity index (χ2n) is 5.75. The summed E-state index contributed by atoms with van der Waals surface area (Å²) in [7, 11) is 0. The summed E-state index contributed by atoms with van der Waals surface area (Å²) in [5, 5.41) is 0. The number of esters is 1. The van der Waals surface area contributed by atoms with Crippen molar-refractivity contribution in [2.24, 2.45) is 0 Å². The number of allylic oxidation sites excluding steroid dienone is 1. The van der Waals surface area contributed by atoms with Crippen LogP contribution in [0.25, 0.3) is 6.08 Å². The lowest BCUT2D eigenvalue weighted by atomic mass is 9.97. The zero-order valence-electron chi connectivity index (χ0n) is 14.2. The Morgan fingerprint density at radius 3 is 2.96 bits per heavy atom. The highest BCUT2D eigenvalue weighted by Gasteiger charge is 2.24. The lowest BCUT2D eigenvalue weighted by Crippen LogP contribution is -2.08. The van der Waals surface area contributed by atoms with Gasteiger partial charge in [-0.15, -0.1) is 0 Å². The van der Waals surface area contributed by atoms with Gasteiger partial charge in [0, 0.05) is 6.42 Å². The van der Waals surface area contributed by atoms with Gasteiger partial charge in [0.15, 0.2) is 0 Å². The SMILES string of the molecule is CCOC(=O)CCC=Cc1c(C)cccc1[C@@H](C)OC[C@H]1CO1. The van der Waals surface area contributed by atoms with Gasteiger partial charge in [0.25, 0.3) is 0 Å². The Hall–Kier alpha value is -1.65. The van der Waals surface area contributed by atoms with E-state index in [2.05, 4.69) is 32.1 Å². The fraction of sp³-hybridized carbons (Fsp3) is 0.526. The van der Waals surface area contributed by atoms with E-state index in [1.54, 1.807) is 0 Å². The molecule has 23 heavy (non-hydrogen) atoms. The van der Waals surface area contributed by atoms with Crippen molar-refractivity contribution in [1.29, 1.82) is 0 Å². The molecule has 0 N–H and O–H groups in total. The normalized spacial score (nSPS) is 18.1. The fourth-order valence-corrected chi connectivity index (χ4v) is 2.43. The van der Waals surface area contributed by atoms with E-state index in [1.807, 2.05) is 19.1 Å². The first-order chi connectivity index (χ1) is 11.1. The summed E-state index contributed by atoms with van der Waals surface area (Å²) in [6.45, 7) is 7.85. The van der Waals surface area contributed by atoms with Crippen molar-refractivity contribution < 1.29 is 19.0 Å². The molecule has 2 atom stereocenters. The van der Waals surface area contributed by atoms with Gasteiger partial charge in [0.2, 0.25) is 0 Å². The molecule has 0 unspecified atom stereocenters. The number of hydrogen-bond acceptors (Lipinski definition) is 4. The molecule has 0 radical (unpaired) electrons. The van der Waals surface area contributed by atoms with E-state index in [4.69, 9.17) is 14.2 Å². The summed E-state index contributed by atoms with van der Waals surface area (Å²) in [6.07, 6.45) is 5.49. The van der Waals surface area contributed by atoms with Crippen molar-refractivity contribution in [3.63, 3.8) is 0 Å². The van der Waals surface area contributed by atoms with Crippen LogP contribution in [-0.4, -0.2) is 31.9 Å². The standard InChI is InChI=1S/C19H26O4/c1-4-21-19(20)11-6-5-9-17-14(2)8-7-10-18(17)15(3)22-12-16-13-23-16/h5,7-10,15-16H,4,6,11-13H2,1-3H3/t15-,16+/m1/s1. The van der Waals surface area contributed by atoms with Gasteiger partial charge in [0.05, 0.1) is 25.9 Å². The minimum absolute atomic E-state index is 0.0174. The molecule has 0 bridgehead atoms. The first-order valence-electron chi connectivity index (χ1n) is 8.26. The zero-order valence-corrected chi connectivity index (χ0v) is 14.2. The van der Waals surface area contributed by atoms with Crippen molar-refractivity contribution in [3.8, 4) is 0 Å². The van der Waals surface area contributed by atoms with E-state index < -0.39 is 0 Å². The smallest absolute Gasteiger partial charge is 0.306 e. The Morgan fingerprint density at radius 2 is 2.26 bits per heavy atom. The molecule has 1 heterocycles. The van der Waals surface area contributed by atoms with Crippen LogP contribution in [0.4, 0.5) is 0 Å². The number of benzene rings is 1. The van der Waals surface area contributed by atoms with E-state index in [-0.39, 0.29) is 18.2 Å². The second-order valence-corrected chi connectivity index (χ2v) is 5.75. The highest BCUT2D eigenvalue weighted by molar-refractivity contribution is 5.69. The maximum absolute atomic E-state index is 11.4. The van der Waals surface area contributed by atoms with E-state index in [9.17, 15) is 4.79 Å². The first kappa shape index (κ1) is 17.7. The molecule has 4 nitrogen and oxygen atoms in total. The molecule has 2 rings (SSSR count). The van der Waals surface area contributed by atoms with Crippen LogP contribution >= 0.6 is 0 Å². The van der Waals surface area contributed by atoms with E-state index in [0.29, 0.717) is 26.1 Å². The Balaban J connectivity index is 1.97. The monoisotopic (exact) mass is 318 g/mol. The second kappa shape index (κ2) is 8.85. The summed E-state index contributed by atoms with van der Waals surface area (Å²) in [4.78, 5) is 11.4. The number of carbonyl (C=O) groups excluding carboxylic acids is 1. The summed E-state index contributed by atoms with van der Waals surface area (Å²) in [5.74, 6) is -0.150. The fourth-order valence-electron chi connectivity index (χ4n) is 2.43. The maximum Gasteiger partial charge on any atom is 0.306 e. The molecule has 0 aromatic heterocycles. The van der Waals surface area contributed by atoms with Gasteiger partial charge in [0.1, 0.15) is 6.10 Å². The van der Waals surface area contributed by atoms with Crippen molar-refractivity contribution in [2.45, 2.75) is 45.8 Å². The number of epoxide rings is 1. The van der Waals surface area contributed by atoms with Gasteiger partial charge in [-0.2, -0.15) is 0 Å². The predicted octanol–water partition coefficient (Wildman–Crippen LogP) is 3.83. The largest absolute Gasteiger partial charge is 0.466 e. The maximum atomic E-state index is 11.4. The minimum Gasteiger partial charge on any atom is -0.466 e. The van der Waals surface area contributed by atoms with Crippen LogP contribution < -0.4 is 0 Å². The number of rotatable bonds is 9. The molecule has 0 spiro atoms. The van der Waals surface area contributed by atoms with Gasteiger partial charge in [-0.1, -0.05) is 30.4 Å². The highest BCUT2D eigenvalue weighted by atomic mass is 16.6. The average Bonchev–Trinajstić information content (AvgIpc) is 3.35. The predicted molar refractivity (Wildman–Crippen MR) is 90.2 cm³/mol. The topological polar surface area (TPSA) is 48.1 Å². The summed E-state index contributed by atoms with van der Waals surface area (Å²) >= 11 is 0. The molecular formula is C19H26O4. The number of aryl methyl sites for hydroxylation is 1. The third-order valence-corrected chi connectivity index (χ3v) is 3.84. The van der Waals surface area contributed by atoms with Crippen molar-refractivity contribution in [2.75, 3.05) is 19.8 Å². The lowest BCUT2D eigenvalue weighted by molar-refractivity contribution is -0.142. The van der Waals surface area contributed by atoms with Gasteiger partial charge < -0.3 is 14.2 Å². The van der Waals surface area contributed by atoms with Crippen molar-refractivity contribution in [3.05, 3.63) is 41.0 Å². The third-order valence-electron chi connectivity index (χ3n) is 3.84. The van der Waals surface area contributed by atoms with Crippen LogP contribution in [0.5, 0.6) is 0 Å². The first-order valence-corrected chi connectivity index (χ1v) is 8.26. The summed E-state index contributed by atoms with van der Waals surface area (Å²) in [6, 6.07) is 6.23. The molecule has 1 aromatic carbocycles. The molecule has 1 aliphatic heterocycles. The molecule has 1 aromatic rings. The zero-order chi connectivity index (χ0) is 16.7. The number of carbonyl (C=O) groups is 1. The Morgan fingerprint density at radius 1 is 1.48 bits per heavy atom.